The number of carbonyl (C=O) groups excluding carboxylic acids is 1. The number of nitrogens with two attached hydrogens (primary N) is 1. The third-order valence-electron chi connectivity index (χ3n) is 3.16. The van der Waals surface area contributed by atoms with E-state index < -0.39 is 0 Å². The van der Waals surface area contributed by atoms with Crippen LogP contribution in [0.4, 0.5) is 0 Å². The van der Waals surface area contributed by atoms with E-state index in [-0.39, 0.29) is 18.6 Å². The van der Waals surface area contributed by atoms with Gasteiger partial charge in [-0.1, -0.05) is 18.5 Å². The maximum absolute atomic E-state index is 11.7. The molecule has 0 radical (unpaired) electrons. The van der Waals surface area contributed by atoms with Gasteiger partial charge in [-0.2, -0.15) is 0 Å². The van der Waals surface area contributed by atoms with Gasteiger partial charge in [-0.15, -0.1) is 0 Å². The van der Waals surface area contributed by atoms with Crippen LogP contribution in [-0.2, 0) is 11.2 Å². The van der Waals surface area contributed by atoms with Gasteiger partial charge in [0.05, 0.1) is 7.11 Å². The molecule has 0 bridgehead atoms. The zero-order valence-corrected chi connectivity index (χ0v) is 13.7. The molecule has 0 aromatic heterocycles. The number of ether oxygens (including phenoxy) is 2. The number of hydrogen-bond donors (Lipinski definition) is 1. The number of nitrogens with zero attached hydrogens (tertiary/aromatic N) is 1. The topological polar surface area (TPSA) is 64.8 Å². The zero-order chi connectivity index (χ0) is 16.0. The molecule has 0 saturated carbocycles. The Morgan fingerprint density at radius 2 is 2.10 bits per heavy atom. The van der Waals surface area contributed by atoms with E-state index in [2.05, 4.69) is 0 Å². The van der Waals surface area contributed by atoms with Crippen molar-refractivity contribution in [3.05, 3.63) is 22.7 Å². The van der Waals surface area contributed by atoms with Crippen LogP contribution in [0.3, 0.4) is 0 Å². The van der Waals surface area contributed by atoms with E-state index in [1.54, 1.807) is 26.2 Å². The Morgan fingerprint density at radius 1 is 1.43 bits per heavy atom. The number of methoxy groups -OCH3 is 1. The number of hydrogen-bond acceptors (Lipinski definition) is 4. The summed E-state index contributed by atoms with van der Waals surface area (Å²) in [6.45, 7) is 1.96. The lowest BCUT2D eigenvalue weighted by molar-refractivity contribution is -0.130. The quantitative estimate of drug-likeness (QED) is 0.837. The molecule has 0 aliphatic rings. The Balaban J connectivity index is 3.04. The first-order valence-corrected chi connectivity index (χ1v) is 7.21. The summed E-state index contributed by atoms with van der Waals surface area (Å²) in [5.41, 5.74) is 6.85. The van der Waals surface area contributed by atoms with Crippen LogP contribution in [0.5, 0.6) is 11.5 Å². The molecule has 0 heterocycles. The van der Waals surface area contributed by atoms with E-state index in [1.165, 1.54) is 12.0 Å². The smallest absolute Gasteiger partial charge is 0.259 e. The highest BCUT2D eigenvalue weighted by atomic mass is 35.5. The first-order chi connectivity index (χ1) is 9.88. The molecule has 0 fully saturated rings. The number of carbonyl (C=O) groups is 1. The fraction of sp³-hybridized carbons (Fsp3) is 0.533. The van der Waals surface area contributed by atoms with Crippen LogP contribution < -0.4 is 15.2 Å². The van der Waals surface area contributed by atoms with Crippen LogP contribution in [0.15, 0.2) is 12.1 Å². The summed E-state index contributed by atoms with van der Waals surface area (Å²) in [7, 11) is 4.90. The lowest BCUT2D eigenvalue weighted by Gasteiger charge is -2.18. The molecular weight excluding hydrogens is 292 g/mol. The molecular formula is C15H23ClN2O3. The highest BCUT2D eigenvalue weighted by Gasteiger charge is 2.16. The van der Waals surface area contributed by atoms with Gasteiger partial charge in [0.1, 0.15) is 0 Å². The summed E-state index contributed by atoms with van der Waals surface area (Å²) >= 11 is 6.09. The molecule has 0 saturated heterocycles. The number of likely N-dealkylation sites (N-methyl/N-ethyl adjacent to an activating group) is 1. The van der Waals surface area contributed by atoms with Crippen molar-refractivity contribution in [2.45, 2.75) is 25.8 Å². The first kappa shape index (κ1) is 17.6. The molecule has 21 heavy (non-hydrogen) atoms. The first-order valence-electron chi connectivity index (χ1n) is 6.84. The molecule has 2 N–H and O–H groups in total. The highest BCUT2D eigenvalue weighted by molar-refractivity contribution is 6.30. The molecule has 1 aromatic carbocycles. The van der Waals surface area contributed by atoms with Gasteiger partial charge in [-0.25, -0.2) is 0 Å². The van der Waals surface area contributed by atoms with Crippen molar-refractivity contribution in [1.82, 2.24) is 4.90 Å². The Labute approximate surface area is 131 Å². The monoisotopic (exact) mass is 314 g/mol. The minimum absolute atomic E-state index is 0.0000677. The maximum atomic E-state index is 11.7. The fourth-order valence-electron chi connectivity index (χ4n) is 1.78. The molecule has 0 aliphatic carbocycles. The van der Waals surface area contributed by atoms with Crippen molar-refractivity contribution in [3.8, 4) is 11.5 Å². The molecule has 1 amide bonds. The van der Waals surface area contributed by atoms with Crippen LogP contribution in [-0.4, -0.2) is 44.7 Å². The predicted octanol–water partition coefficient (Wildman–Crippen LogP) is 2.10. The Bertz CT molecular complexity index is 492. The minimum atomic E-state index is -0.127. The summed E-state index contributed by atoms with van der Waals surface area (Å²) in [5, 5.41) is 0.552. The summed E-state index contributed by atoms with van der Waals surface area (Å²) in [5.74, 6) is 0.908. The maximum Gasteiger partial charge on any atom is 0.259 e. The van der Waals surface area contributed by atoms with Crippen LogP contribution in [0.2, 0.25) is 5.02 Å². The van der Waals surface area contributed by atoms with Crippen molar-refractivity contribution in [3.63, 3.8) is 0 Å². The largest absolute Gasteiger partial charge is 0.493 e. The van der Waals surface area contributed by atoms with Crippen molar-refractivity contribution < 1.29 is 14.3 Å². The van der Waals surface area contributed by atoms with Crippen LogP contribution in [0.25, 0.3) is 0 Å². The molecule has 1 rings (SSSR count). The van der Waals surface area contributed by atoms with Crippen molar-refractivity contribution in [1.29, 1.82) is 0 Å². The van der Waals surface area contributed by atoms with E-state index in [0.717, 1.165) is 12.0 Å². The Morgan fingerprint density at radius 3 is 2.62 bits per heavy atom. The standard InChI is InChI=1S/C15H23ClN2O3/c1-5-12(17)7-10-6-11(16)8-13(20-4)15(10)21-9-14(19)18(2)3/h6,8,12H,5,7,9,17H2,1-4H3. The molecule has 0 spiro atoms. The predicted molar refractivity (Wildman–Crippen MR) is 84.2 cm³/mol. The average Bonchev–Trinajstić information content (AvgIpc) is 2.44. The van der Waals surface area contributed by atoms with Crippen molar-refractivity contribution >= 4 is 17.5 Å². The van der Waals surface area contributed by atoms with Crippen LogP contribution in [0.1, 0.15) is 18.9 Å². The Hall–Kier alpha value is -1.46. The molecule has 118 valence electrons. The van der Waals surface area contributed by atoms with Crippen LogP contribution >= 0.6 is 11.6 Å². The third-order valence-corrected chi connectivity index (χ3v) is 3.38. The number of halogens is 1. The van der Waals surface area contributed by atoms with Crippen molar-refractivity contribution in [2.75, 3.05) is 27.8 Å². The van der Waals surface area contributed by atoms with Gasteiger partial charge in [0.15, 0.2) is 18.1 Å². The SMILES string of the molecule is CCC(N)Cc1cc(Cl)cc(OC)c1OCC(=O)N(C)C. The Kier molecular flexibility index (Phi) is 6.78. The number of benzene rings is 1. The van der Waals surface area contributed by atoms with Gasteiger partial charge in [0, 0.05) is 36.8 Å². The summed E-state index contributed by atoms with van der Waals surface area (Å²) < 4.78 is 11.0. The summed E-state index contributed by atoms with van der Waals surface area (Å²) in [6.07, 6.45) is 1.45. The molecule has 1 atom stereocenters. The average molecular weight is 315 g/mol. The van der Waals surface area contributed by atoms with Gasteiger partial charge < -0.3 is 20.1 Å². The highest BCUT2D eigenvalue weighted by Crippen LogP contribution is 2.35. The molecule has 6 heteroatoms. The van der Waals surface area contributed by atoms with E-state index in [0.29, 0.717) is 22.9 Å². The fourth-order valence-corrected chi connectivity index (χ4v) is 2.01. The van der Waals surface area contributed by atoms with E-state index in [1.807, 2.05) is 6.92 Å². The van der Waals surface area contributed by atoms with Gasteiger partial charge in [0.2, 0.25) is 0 Å². The third kappa shape index (κ3) is 5.10. The zero-order valence-electron chi connectivity index (χ0n) is 13.0. The van der Waals surface area contributed by atoms with Gasteiger partial charge in [0.25, 0.3) is 5.91 Å². The molecule has 1 unspecified atom stereocenters. The van der Waals surface area contributed by atoms with Crippen LogP contribution in [0, 0.1) is 0 Å². The van der Waals surface area contributed by atoms with E-state index >= 15 is 0 Å². The van der Waals surface area contributed by atoms with E-state index in [9.17, 15) is 4.79 Å². The minimum Gasteiger partial charge on any atom is -0.493 e. The second-order valence-electron chi connectivity index (χ2n) is 5.05. The second kappa shape index (κ2) is 8.10. The van der Waals surface area contributed by atoms with Gasteiger partial charge >= 0.3 is 0 Å². The number of amides is 1. The second-order valence-corrected chi connectivity index (χ2v) is 5.48. The number of rotatable bonds is 7. The molecule has 1 aromatic rings. The van der Waals surface area contributed by atoms with E-state index in [4.69, 9.17) is 26.8 Å². The summed E-state index contributed by atoms with van der Waals surface area (Å²) in [4.78, 5) is 13.2. The molecule has 0 aliphatic heterocycles. The lowest BCUT2D eigenvalue weighted by Crippen LogP contribution is -2.28. The summed E-state index contributed by atoms with van der Waals surface area (Å²) in [6, 6.07) is 3.47. The lowest BCUT2D eigenvalue weighted by atomic mass is 10.0. The normalized spacial score (nSPS) is 11.9. The van der Waals surface area contributed by atoms with Crippen molar-refractivity contribution in [2.24, 2.45) is 5.73 Å². The van der Waals surface area contributed by atoms with Gasteiger partial charge in [-0.3, -0.25) is 4.79 Å². The van der Waals surface area contributed by atoms with Gasteiger partial charge in [-0.05, 0) is 18.9 Å². The molecule has 5 nitrogen and oxygen atoms in total.